The second-order valence-electron chi connectivity index (χ2n) is 5.37. The van der Waals surface area contributed by atoms with E-state index in [0.29, 0.717) is 22.4 Å². The number of aromatic amines is 1. The van der Waals surface area contributed by atoms with Crippen LogP contribution in [0.15, 0.2) is 51.7 Å². The predicted octanol–water partition coefficient (Wildman–Crippen LogP) is 3.16. The van der Waals surface area contributed by atoms with Crippen LogP contribution in [0.1, 0.15) is 24.2 Å². The third-order valence-corrected chi connectivity index (χ3v) is 3.17. The first-order valence-electron chi connectivity index (χ1n) is 7.22. The Bertz CT molecular complexity index is 891. The van der Waals surface area contributed by atoms with E-state index < -0.39 is 5.76 Å². The van der Waals surface area contributed by atoms with E-state index in [1.54, 1.807) is 36.4 Å². The van der Waals surface area contributed by atoms with Crippen molar-refractivity contribution in [3.8, 4) is 5.75 Å². The first-order valence-corrected chi connectivity index (χ1v) is 7.22. The molecular weight excluding hydrogens is 296 g/mol. The largest absolute Gasteiger partial charge is 0.491 e. The number of oxazole rings is 1. The monoisotopic (exact) mass is 312 g/mol. The van der Waals surface area contributed by atoms with Crippen LogP contribution in [0, 0.1) is 0 Å². The quantitative estimate of drug-likeness (QED) is 0.775. The molecule has 3 aromatic rings. The summed E-state index contributed by atoms with van der Waals surface area (Å²) in [6.07, 6.45) is 0.0955. The molecule has 6 nitrogen and oxygen atoms in total. The van der Waals surface area contributed by atoms with Gasteiger partial charge >= 0.3 is 5.76 Å². The van der Waals surface area contributed by atoms with Gasteiger partial charge in [-0.05, 0) is 56.3 Å². The van der Waals surface area contributed by atoms with E-state index >= 15 is 0 Å². The van der Waals surface area contributed by atoms with E-state index in [-0.39, 0.29) is 12.0 Å². The van der Waals surface area contributed by atoms with E-state index in [4.69, 9.17) is 9.15 Å². The number of anilines is 1. The van der Waals surface area contributed by atoms with Crippen LogP contribution in [0.3, 0.4) is 0 Å². The van der Waals surface area contributed by atoms with Gasteiger partial charge in [-0.15, -0.1) is 0 Å². The summed E-state index contributed by atoms with van der Waals surface area (Å²) in [6.45, 7) is 3.90. The van der Waals surface area contributed by atoms with Gasteiger partial charge in [0.05, 0.1) is 11.6 Å². The minimum Gasteiger partial charge on any atom is -0.491 e. The zero-order chi connectivity index (χ0) is 16.4. The average Bonchev–Trinajstić information content (AvgIpc) is 2.87. The zero-order valence-electron chi connectivity index (χ0n) is 12.8. The molecule has 0 spiro atoms. The summed E-state index contributed by atoms with van der Waals surface area (Å²) in [5, 5.41) is 2.79. The van der Waals surface area contributed by atoms with Crippen LogP contribution in [0.4, 0.5) is 5.69 Å². The fraction of sp³-hybridized carbons (Fsp3) is 0.176. The summed E-state index contributed by atoms with van der Waals surface area (Å²) < 4.78 is 10.5. The molecule has 0 saturated heterocycles. The number of nitrogens with one attached hydrogen (secondary N) is 2. The molecule has 23 heavy (non-hydrogen) atoms. The fourth-order valence-electron chi connectivity index (χ4n) is 2.18. The van der Waals surface area contributed by atoms with Crippen LogP contribution >= 0.6 is 0 Å². The third kappa shape index (κ3) is 3.42. The molecule has 0 aliphatic heterocycles. The minimum absolute atomic E-state index is 0.0955. The van der Waals surface area contributed by atoms with Gasteiger partial charge in [0.1, 0.15) is 5.75 Å². The van der Waals surface area contributed by atoms with Crippen molar-refractivity contribution in [3.05, 3.63) is 58.6 Å². The van der Waals surface area contributed by atoms with Crippen molar-refractivity contribution in [2.45, 2.75) is 20.0 Å². The molecule has 0 aliphatic carbocycles. The van der Waals surface area contributed by atoms with Crippen molar-refractivity contribution in [3.63, 3.8) is 0 Å². The van der Waals surface area contributed by atoms with Gasteiger partial charge in [0.15, 0.2) is 5.58 Å². The number of carbonyl (C=O) groups excluding carboxylic acids is 1. The molecule has 1 amide bonds. The van der Waals surface area contributed by atoms with Gasteiger partial charge in [-0.2, -0.15) is 0 Å². The Labute approximate surface area is 132 Å². The summed E-state index contributed by atoms with van der Waals surface area (Å²) in [5.74, 6) is -0.0832. The Morgan fingerprint density at radius 1 is 1.17 bits per heavy atom. The van der Waals surface area contributed by atoms with Crippen molar-refractivity contribution < 1.29 is 13.9 Å². The van der Waals surface area contributed by atoms with E-state index in [1.807, 2.05) is 13.8 Å². The highest BCUT2D eigenvalue weighted by Gasteiger charge is 2.09. The first kappa shape index (κ1) is 14.9. The lowest BCUT2D eigenvalue weighted by Crippen LogP contribution is -2.11. The number of hydrogen-bond donors (Lipinski definition) is 2. The van der Waals surface area contributed by atoms with Crippen molar-refractivity contribution in [2.24, 2.45) is 0 Å². The number of hydrogen-bond acceptors (Lipinski definition) is 4. The van der Waals surface area contributed by atoms with E-state index in [1.165, 1.54) is 6.07 Å². The van der Waals surface area contributed by atoms with Gasteiger partial charge in [-0.1, -0.05) is 0 Å². The molecule has 0 saturated carbocycles. The maximum absolute atomic E-state index is 12.3. The number of amides is 1. The fourth-order valence-corrected chi connectivity index (χ4v) is 2.18. The van der Waals surface area contributed by atoms with Gasteiger partial charge in [0.2, 0.25) is 0 Å². The molecule has 0 radical (unpaired) electrons. The highest BCUT2D eigenvalue weighted by Crippen LogP contribution is 2.18. The number of carbonyl (C=O) groups is 1. The molecule has 0 fully saturated rings. The topological polar surface area (TPSA) is 84.3 Å². The van der Waals surface area contributed by atoms with Crippen LogP contribution < -0.4 is 15.8 Å². The molecule has 118 valence electrons. The predicted molar refractivity (Wildman–Crippen MR) is 87.0 cm³/mol. The molecule has 2 aromatic carbocycles. The van der Waals surface area contributed by atoms with Crippen LogP contribution in [-0.2, 0) is 0 Å². The van der Waals surface area contributed by atoms with E-state index in [2.05, 4.69) is 10.3 Å². The van der Waals surface area contributed by atoms with Crippen molar-refractivity contribution in [2.75, 3.05) is 5.32 Å². The molecule has 0 atom stereocenters. The second-order valence-corrected chi connectivity index (χ2v) is 5.37. The SMILES string of the molecule is CC(C)Oc1ccc(NC(=O)c2ccc3[nH]c(=O)oc3c2)cc1. The molecule has 0 bridgehead atoms. The summed E-state index contributed by atoms with van der Waals surface area (Å²) >= 11 is 0. The van der Waals surface area contributed by atoms with E-state index in [9.17, 15) is 9.59 Å². The van der Waals surface area contributed by atoms with Crippen molar-refractivity contribution in [1.82, 2.24) is 4.98 Å². The number of rotatable bonds is 4. The number of aromatic nitrogens is 1. The Morgan fingerprint density at radius 2 is 1.91 bits per heavy atom. The van der Waals surface area contributed by atoms with Gasteiger partial charge in [-0.25, -0.2) is 4.79 Å². The van der Waals surface area contributed by atoms with Gasteiger partial charge < -0.3 is 14.5 Å². The summed E-state index contributed by atoms with van der Waals surface area (Å²) in [6, 6.07) is 11.9. The lowest BCUT2D eigenvalue weighted by molar-refractivity contribution is 0.102. The molecular formula is C17H16N2O4. The van der Waals surface area contributed by atoms with Gasteiger partial charge in [-0.3, -0.25) is 9.78 Å². The number of benzene rings is 2. The number of ether oxygens (including phenoxy) is 1. The summed E-state index contributed by atoms with van der Waals surface area (Å²) in [7, 11) is 0. The normalized spacial score (nSPS) is 10.9. The number of fused-ring (bicyclic) bond motifs is 1. The Balaban J connectivity index is 1.75. The average molecular weight is 312 g/mol. The molecule has 3 rings (SSSR count). The van der Waals surface area contributed by atoms with Crippen molar-refractivity contribution in [1.29, 1.82) is 0 Å². The van der Waals surface area contributed by atoms with E-state index in [0.717, 1.165) is 5.75 Å². The lowest BCUT2D eigenvalue weighted by atomic mass is 10.2. The maximum atomic E-state index is 12.3. The third-order valence-electron chi connectivity index (χ3n) is 3.17. The summed E-state index contributed by atoms with van der Waals surface area (Å²) in [5.41, 5.74) is 1.97. The van der Waals surface area contributed by atoms with Crippen LogP contribution in [0.2, 0.25) is 0 Å². The Kier molecular flexibility index (Phi) is 3.89. The smallest absolute Gasteiger partial charge is 0.417 e. The molecule has 6 heteroatoms. The van der Waals surface area contributed by atoms with Crippen LogP contribution in [0.25, 0.3) is 11.1 Å². The highest BCUT2D eigenvalue weighted by atomic mass is 16.5. The first-order chi connectivity index (χ1) is 11.0. The summed E-state index contributed by atoms with van der Waals surface area (Å²) in [4.78, 5) is 25.9. The Hall–Kier alpha value is -3.02. The molecule has 0 aliphatic rings. The second kappa shape index (κ2) is 6.00. The maximum Gasteiger partial charge on any atom is 0.417 e. The van der Waals surface area contributed by atoms with Gasteiger partial charge in [0.25, 0.3) is 5.91 Å². The lowest BCUT2D eigenvalue weighted by Gasteiger charge is -2.10. The highest BCUT2D eigenvalue weighted by molar-refractivity contribution is 6.05. The molecule has 1 heterocycles. The molecule has 0 unspecified atom stereocenters. The molecule has 2 N–H and O–H groups in total. The molecule has 1 aromatic heterocycles. The van der Waals surface area contributed by atoms with Crippen LogP contribution in [0.5, 0.6) is 5.75 Å². The standard InChI is InChI=1S/C17H16N2O4/c1-10(2)22-13-6-4-12(5-7-13)18-16(20)11-3-8-14-15(9-11)23-17(21)19-14/h3-10H,1-2H3,(H,18,20)(H,19,21). The van der Waals surface area contributed by atoms with Crippen molar-refractivity contribution >= 4 is 22.7 Å². The Morgan fingerprint density at radius 3 is 2.61 bits per heavy atom. The zero-order valence-corrected chi connectivity index (χ0v) is 12.8. The van der Waals surface area contributed by atoms with Crippen LogP contribution in [-0.4, -0.2) is 17.0 Å². The number of H-pyrrole nitrogens is 1. The van der Waals surface area contributed by atoms with Gasteiger partial charge in [0, 0.05) is 11.3 Å². The minimum atomic E-state index is -0.543.